The lowest BCUT2D eigenvalue weighted by molar-refractivity contribution is -0.134. The Labute approximate surface area is 66.4 Å². The molecule has 1 fully saturated rings. The summed E-state index contributed by atoms with van der Waals surface area (Å²) in [5.74, 6) is 0.433. The Kier molecular flexibility index (Phi) is 2.52. The molecule has 3 heteroatoms. The first-order valence-corrected chi connectivity index (χ1v) is 3.74. The molecule has 0 aromatic heterocycles. The average Bonchev–Trinajstić information content (AvgIpc) is 2.66. The first-order chi connectivity index (χ1) is 5.24. The molecule has 0 bridgehead atoms. The Bertz CT molecular complexity index is 177. The van der Waals surface area contributed by atoms with Crippen LogP contribution < -0.4 is 5.32 Å². The number of hydrogen-bond donors (Lipinski definition) is 1. The second-order valence-corrected chi connectivity index (χ2v) is 2.84. The maximum absolute atomic E-state index is 10.5. The van der Waals surface area contributed by atoms with Gasteiger partial charge in [0.2, 0.25) is 0 Å². The fourth-order valence-electron chi connectivity index (χ4n) is 0.862. The molecule has 1 aliphatic rings. The molecular weight excluding hydrogens is 142 g/mol. The maximum Gasteiger partial charge on any atom is 0.331 e. The minimum absolute atomic E-state index is 0.314. The molecule has 0 spiro atoms. The number of carbonyl (C=O) groups excluding carboxylic acids is 1. The van der Waals surface area contributed by atoms with Crippen molar-refractivity contribution in [2.24, 2.45) is 5.92 Å². The molecule has 3 nitrogen and oxygen atoms in total. The van der Waals surface area contributed by atoms with E-state index in [0.717, 1.165) is 5.92 Å². The molecule has 1 aliphatic carbocycles. The van der Waals surface area contributed by atoms with E-state index in [4.69, 9.17) is 0 Å². The molecule has 0 heterocycles. The Hall–Kier alpha value is -0.990. The van der Waals surface area contributed by atoms with E-state index in [-0.39, 0.29) is 5.97 Å². The molecular formula is C8H13NO2. The van der Waals surface area contributed by atoms with Gasteiger partial charge in [0.05, 0.1) is 7.11 Å². The average molecular weight is 155 g/mol. The molecule has 0 saturated heterocycles. The van der Waals surface area contributed by atoms with Crippen molar-refractivity contribution in [3.8, 4) is 0 Å². The third-order valence-electron chi connectivity index (χ3n) is 1.84. The zero-order chi connectivity index (χ0) is 8.27. The number of nitrogens with one attached hydrogen (secondary N) is 1. The second-order valence-electron chi connectivity index (χ2n) is 2.84. The zero-order valence-corrected chi connectivity index (χ0v) is 6.83. The molecule has 1 rings (SSSR count). The van der Waals surface area contributed by atoms with E-state index in [1.165, 1.54) is 19.6 Å². The van der Waals surface area contributed by atoms with E-state index in [2.05, 4.69) is 17.0 Å². The third-order valence-corrected chi connectivity index (χ3v) is 1.84. The van der Waals surface area contributed by atoms with Crippen LogP contribution in [-0.2, 0) is 9.53 Å². The van der Waals surface area contributed by atoms with E-state index < -0.39 is 0 Å². The molecule has 1 N–H and O–H groups in total. The van der Waals surface area contributed by atoms with Gasteiger partial charge in [-0.25, -0.2) is 4.79 Å². The second kappa shape index (κ2) is 3.42. The summed E-state index contributed by atoms with van der Waals surface area (Å²) in [7, 11) is 1.37. The van der Waals surface area contributed by atoms with Crippen LogP contribution in [0.1, 0.15) is 13.3 Å². The van der Waals surface area contributed by atoms with Gasteiger partial charge >= 0.3 is 5.97 Å². The zero-order valence-electron chi connectivity index (χ0n) is 6.83. The van der Waals surface area contributed by atoms with Crippen molar-refractivity contribution in [1.82, 2.24) is 5.32 Å². The largest absolute Gasteiger partial charge is 0.466 e. The van der Waals surface area contributed by atoms with E-state index >= 15 is 0 Å². The quantitative estimate of drug-likeness (QED) is 0.481. The van der Waals surface area contributed by atoms with Crippen LogP contribution in [0, 0.1) is 5.92 Å². The van der Waals surface area contributed by atoms with Gasteiger partial charge in [-0.3, -0.25) is 0 Å². The Morgan fingerprint density at radius 2 is 2.36 bits per heavy atom. The van der Waals surface area contributed by atoms with Crippen molar-refractivity contribution < 1.29 is 9.53 Å². The van der Waals surface area contributed by atoms with Gasteiger partial charge in [-0.2, -0.15) is 0 Å². The van der Waals surface area contributed by atoms with Gasteiger partial charge in [0.1, 0.15) is 0 Å². The van der Waals surface area contributed by atoms with E-state index in [1.54, 1.807) is 6.20 Å². The van der Waals surface area contributed by atoms with Crippen LogP contribution >= 0.6 is 0 Å². The lowest BCUT2D eigenvalue weighted by atomic mass is 10.5. The van der Waals surface area contributed by atoms with Crippen LogP contribution in [0.15, 0.2) is 12.3 Å². The Morgan fingerprint density at radius 1 is 1.73 bits per heavy atom. The number of esters is 1. The minimum Gasteiger partial charge on any atom is -0.466 e. The van der Waals surface area contributed by atoms with Gasteiger partial charge in [0.15, 0.2) is 0 Å². The highest BCUT2D eigenvalue weighted by Gasteiger charge is 2.30. The summed E-state index contributed by atoms with van der Waals surface area (Å²) >= 11 is 0. The molecule has 0 aromatic rings. The first kappa shape index (κ1) is 8.11. The smallest absolute Gasteiger partial charge is 0.331 e. The van der Waals surface area contributed by atoms with Crippen LogP contribution in [0.25, 0.3) is 0 Å². The number of ether oxygens (including phenoxy) is 1. The molecule has 0 aromatic carbocycles. The van der Waals surface area contributed by atoms with Gasteiger partial charge in [0.25, 0.3) is 0 Å². The van der Waals surface area contributed by atoms with Gasteiger partial charge in [-0.1, -0.05) is 6.92 Å². The molecule has 0 aliphatic heterocycles. The predicted molar refractivity (Wildman–Crippen MR) is 41.9 cm³/mol. The van der Waals surface area contributed by atoms with E-state index in [9.17, 15) is 4.79 Å². The van der Waals surface area contributed by atoms with Gasteiger partial charge in [-0.05, 0) is 12.3 Å². The summed E-state index contributed by atoms with van der Waals surface area (Å²) in [6.07, 6.45) is 4.25. The standard InChI is InChI=1S/C8H13NO2/c1-6-5-7(6)9-4-3-8(10)11-2/h3-4,6-7,9H,5H2,1-2H3/b4-3+. The number of hydrogen-bond acceptors (Lipinski definition) is 3. The monoisotopic (exact) mass is 155 g/mol. The Balaban J connectivity index is 2.11. The fraction of sp³-hybridized carbons (Fsp3) is 0.625. The van der Waals surface area contributed by atoms with Crippen LogP contribution in [0.4, 0.5) is 0 Å². The molecule has 2 unspecified atom stereocenters. The van der Waals surface area contributed by atoms with Crippen molar-refractivity contribution in [3.05, 3.63) is 12.3 Å². The first-order valence-electron chi connectivity index (χ1n) is 3.74. The molecule has 1 saturated carbocycles. The van der Waals surface area contributed by atoms with E-state index in [1.807, 2.05) is 0 Å². The summed E-state index contributed by atoms with van der Waals surface area (Å²) in [6, 6.07) is 0.566. The van der Waals surface area contributed by atoms with Gasteiger partial charge < -0.3 is 10.1 Å². The topological polar surface area (TPSA) is 38.3 Å². The van der Waals surface area contributed by atoms with E-state index in [0.29, 0.717) is 6.04 Å². The SMILES string of the molecule is COC(=O)/C=C/NC1CC1C. The van der Waals surface area contributed by atoms with Crippen molar-refractivity contribution in [2.45, 2.75) is 19.4 Å². The number of rotatable bonds is 3. The molecule has 2 atom stereocenters. The van der Waals surface area contributed by atoms with Crippen molar-refractivity contribution in [3.63, 3.8) is 0 Å². The number of carbonyl (C=O) groups is 1. The van der Waals surface area contributed by atoms with Crippen molar-refractivity contribution >= 4 is 5.97 Å². The summed E-state index contributed by atoms with van der Waals surface area (Å²) < 4.78 is 4.41. The Morgan fingerprint density at radius 3 is 2.82 bits per heavy atom. The van der Waals surface area contributed by atoms with Gasteiger partial charge in [-0.15, -0.1) is 0 Å². The number of methoxy groups -OCH3 is 1. The maximum atomic E-state index is 10.5. The van der Waals surface area contributed by atoms with Crippen LogP contribution in [0.2, 0.25) is 0 Å². The minimum atomic E-state index is -0.314. The van der Waals surface area contributed by atoms with Crippen LogP contribution in [0.3, 0.4) is 0 Å². The predicted octanol–water partition coefficient (Wildman–Crippen LogP) is 0.671. The summed E-state index contributed by atoms with van der Waals surface area (Å²) in [5, 5.41) is 3.09. The molecule has 62 valence electrons. The lowest BCUT2D eigenvalue weighted by Crippen LogP contribution is -2.10. The normalized spacial score (nSPS) is 28.5. The fourth-order valence-corrected chi connectivity index (χ4v) is 0.862. The lowest BCUT2D eigenvalue weighted by Gasteiger charge is -1.94. The van der Waals surface area contributed by atoms with Crippen molar-refractivity contribution in [2.75, 3.05) is 7.11 Å². The highest BCUT2D eigenvalue weighted by molar-refractivity contribution is 5.81. The molecule has 0 radical (unpaired) electrons. The summed E-state index contributed by atoms with van der Waals surface area (Å²) in [6.45, 7) is 2.17. The molecule has 11 heavy (non-hydrogen) atoms. The highest BCUT2D eigenvalue weighted by Crippen LogP contribution is 2.28. The summed E-state index contributed by atoms with van der Waals surface area (Å²) in [5.41, 5.74) is 0. The van der Waals surface area contributed by atoms with Crippen LogP contribution in [0.5, 0.6) is 0 Å². The third kappa shape index (κ3) is 2.62. The van der Waals surface area contributed by atoms with Gasteiger partial charge in [0, 0.05) is 18.3 Å². The summed E-state index contributed by atoms with van der Waals surface area (Å²) in [4.78, 5) is 10.5. The van der Waals surface area contributed by atoms with Crippen LogP contribution in [-0.4, -0.2) is 19.1 Å². The highest BCUT2D eigenvalue weighted by atomic mass is 16.5. The van der Waals surface area contributed by atoms with Crippen molar-refractivity contribution in [1.29, 1.82) is 0 Å². The molecule has 0 amide bonds.